The van der Waals surface area contributed by atoms with E-state index in [2.05, 4.69) is 32.8 Å². The number of hydrogen-bond acceptors (Lipinski definition) is 4. The fourth-order valence-corrected chi connectivity index (χ4v) is 5.71. The number of amides is 1. The first-order chi connectivity index (χ1) is 14.1. The van der Waals surface area contributed by atoms with E-state index in [1.165, 1.54) is 0 Å². The molecule has 1 amide bonds. The van der Waals surface area contributed by atoms with Crippen LogP contribution in [0.2, 0.25) is 0 Å². The van der Waals surface area contributed by atoms with E-state index in [4.69, 9.17) is 0 Å². The minimum atomic E-state index is -0.261. The van der Waals surface area contributed by atoms with Gasteiger partial charge in [0.1, 0.15) is 0 Å². The summed E-state index contributed by atoms with van der Waals surface area (Å²) in [6.45, 7) is 5.89. The van der Waals surface area contributed by atoms with Crippen molar-refractivity contribution in [3.63, 3.8) is 0 Å². The van der Waals surface area contributed by atoms with Crippen molar-refractivity contribution in [2.24, 2.45) is 11.8 Å². The molecule has 0 spiro atoms. The molecule has 1 saturated carbocycles. The number of carbonyl (C=O) groups is 1. The number of aromatic nitrogens is 1. The number of likely N-dealkylation sites (N-methyl/N-ethyl adjacent to an activating group) is 1. The minimum absolute atomic E-state index is 0.217. The van der Waals surface area contributed by atoms with Gasteiger partial charge in [0.05, 0.1) is 12.5 Å². The average molecular weight is 397 g/mol. The van der Waals surface area contributed by atoms with Gasteiger partial charge in [-0.15, -0.1) is 0 Å². The lowest BCUT2D eigenvalue weighted by Crippen LogP contribution is -2.55. The van der Waals surface area contributed by atoms with E-state index >= 15 is 0 Å². The van der Waals surface area contributed by atoms with Crippen molar-refractivity contribution in [2.45, 2.75) is 31.4 Å². The number of piperazine rings is 1. The van der Waals surface area contributed by atoms with Crippen LogP contribution < -0.4 is 0 Å². The van der Waals surface area contributed by atoms with Crippen LogP contribution in [0.5, 0.6) is 0 Å². The van der Waals surface area contributed by atoms with Crippen molar-refractivity contribution < 1.29 is 9.90 Å². The Morgan fingerprint density at radius 2 is 1.83 bits per heavy atom. The Bertz CT molecular complexity index is 873. The van der Waals surface area contributed by atoms with Crippen LogP contribution in [0.15, 0.2) is 30.5 Å². The maximum atomic E-state index is 13.0. The normalized spacial score (nSPS) is 31.3. The Morgan fingerprint density at radius 1 is 1.10 bits per heavy atom. The molecule has 3 heterocycles. The Hall–Kier alpha value is -1.89. The second-order valence-corrected chi connectivity index (χ2v) is 9.30. The number of aliphatic hydroxyl groups excluding tert-OH is 1. The van der Waals surface area contributed by atoms with E-state index in [1.54, 1.807) is 0 Å². The summed E-state index contributed by atoms with van der Waals surface area (Å²) in [5.74, 6) is 1.19. The highest BCUT2D eigenvalue weighted by atomic mass is 16.3. The molecule has 0 radical (unpaired) electrons. The van der Waals surface area contributed by atoms with Crippen LogP contribution in [0.25, 0.3) is 10.9 Å². The number of hydrogen-bond donors (Lipinski definition) is 2. The molecule has 5 rings (SSSR count). The lowest BCUT2D eigenvalue weighted by atomic mass is 9.77. The maximum absolute atomic E-state index is 13.0. The molecule has 3 fully saturated rings. The molecule has 6 nitrogen and oxygen atoms in total. The number of carbonyl (C=O) groups excluding carboxylic acids is 1. The van der Waals surface area contributed by atoms with Crippen molar-refractivity contribution in [3.05, 3.63) is 36.0 Å². The maximum Gasteiger partial charge on any atom is 0.227 e. The van der Waals surface area contributed by atoms with Gasteiger partial charge >= 0.3 is 0 Å². The van der Waals surface area contributed by atoms with Crippen LogP contribution in [0.1, 0.15) is 18.4 Å². The molecule has 2 aliphatic heterocycles. The van der Waals surface area contributed by atoms with E-state index in [9.17, 15) is 9.90 Å². The number of aromatic amines is 1. The Morgan fingerprint density at radius 3 is 2.62 bits per heavy atom. The number of rotatable bonds is 3. The zero-order chi connectivity index (χ0) is 20.0. The summed E-state index contributed by atoms with van der Waals surface area (Å²) in [6.07, 6.45) is 4.01. The van der Waals surface area contributed by atoms with Crippen LogP contribution in [0, 0.1) is 11.8 Å². The predicted molar refractivity (Wildman–Crippen MR) is 114 cm³/mol. The highest BCUT2D eigenvalue weighted by Gasteiger charge is 2.44. The molecule has 156 valence electrons. The van der Waals surface area contributed by atoms with Crippen molar-refractivity contribution in [1.29, 1.82) is 0 Å². The third-order valence-corrected chi connectivity index (χ3v) is 7.49. The fraction of sp³-hybridized carbons (Fsp3) is 0.609. The van der Waals surface area contributed by atoms with Crippen LogP contribution >= 0.6 is 0 Å². The zero-order valence-electron chi connectivity index (χ0n) is 17.3. The highest BCUT2D eigenvalue weighted by Crippen LogP contribution is 2.38. The summed E-state index contributed by atoms with van der Waals surface area (Å²) in [7, 11) is 2.17. The van der Waals surface area contributed by atoms with Crippen LogP contribution in [0.4, 0.5) is 0 Å². The summed E-state index contributed by atoms with van der Waals surface area (Å²) in [4.78, 5) is 23.2. The van der Waals surface area contributed by atoms with Gasteiger partial charge in [-0.05, 0) is 43.4 Å². The molecule has 1 aromatic heterocycles. The summed E-state index contributed by atoms with van der Waals surface area (Å²) in [5, 5.41) is 12.0. The summed E-state index contributed by atoms with van der Waals surface area (Å²) >= 11 is 0. The minimum Gasteiger partial charge on any atom is -0.391 e. The Kier molecular flexibility index (Phi) is 5.10. The fourth-order valence-electron chi connectivity index (χ4n) is 5.71. The Balaban J connectivity index is 1.23. The lowest BCUT2D eigenvalue weighted by Gasteiger charge is -2.44. The number of likely N-dealkylation sites (tertiary alicyclic amines) is 1. The first kappa shape index (κ1) is 19.1. The quantitative estimate of drug-likeness (QED) is 0.827. The molecule has 4 atom stereocenters. The second-order valence-electron chi connectivity index (χ2n) is 9.30. The van der Waals surface area contributed by atoms with E-state index in [0.717, 1.165) is 68.6 Å². The van der Waals surface area contributed by atoms with Crippen molar-refractivity contribution >= 4 is 16.8 Å². The monoisotopic (exact) mass is 396 g/mol. The van der Waals surface area contributed by atoms with Crippen LogP contribution in [-0.2, 0) is 11.2 Å². The van der Waals surface area contributed by atoms with E-state index in [0.29, 0.717) is 18.3 Å². The third-order valence-electron chi connectivity index (χ3n) is 7.49. The number of nitrogens with zero attached hydrogens (tertiary/aromatic N) is 3. The molecule has 2 N–H and O–H groups in total. The molecular formula is C23H32N4O2. The van der Waals surface area contributed by atoms with Gasteiger partial charge in [-0.25, -0.2) is 0 Å². The molecule has 29 heavy (non-hydrogen) atoms. The molecule has 0 bridgehead atoms. The van der Waals surface area contributed by atoms with Gasteiger partial charge < -0.3 is 19.9 Å². The molecule has 1 aromatic carbocycles. The molecular weight excluding hydrogens is 364 g/mol. The predicted octanol–water partition coefficient (Wildman–Crippen LogP) is 1.56. The van der Waals surface area contributed by atoms with Gasteiger partial charge in [0, 0.05) is 62.4 Å². The molecule has 6 heteroatoms. The van der Waals surface area contributed by atoms with E-state index < -0.39 is 0 Å². The van der Waals surface area contributed by atoms with Crippen molar-refractivity contribution in [1.82, 2.24) is 19.7 Å². The Labute approximate surface area is 172 Å². The largest absolute Gasteiger partial charge is 0.391 e. The average Bonchev–Trinajstić information content (AvgIpc) is 3.32. The van der Waals surface area contributed by atoms with Gasteiger partial charge in [-0.2, -0.15) is 0 Å². The molecule has 2 aromatic rings. The summed E-state index contributed by atoms with van der Waals surface area (Å²) < 4.78 is 0. The first-order valence-electron chi connectivity index (χ1n) is 11.0. The number of nitrogens with one attached hydrogen (secondary N) is 1. The van der Waals surface area contributed by atoms with Gasteiger partial charge in [-0.1, -0.05) is 18.2 Å². The van der Waals surface area contributed by atoms with Crippen molar-refractivity contribution in [2.75, 3.05) is 46.3 Å². The van der Waals surface area contributed by atoms with Gasteiger partial charge in [0.25, 0.3) is 0 Å². The van der Waals surface area contributed by atoms with E-state index in [-0.39, 0.29) is 18.1 Å². The number of aliphatic hydroxyl groups is 1. The SMILES string of the molecule is CN1CCN([C@@H]2C[C@@H]3CN(C(=O)Cc4c[nH]c5ccccc45)C[C@@H]3C[C@H]2O)CC1. The summed E-state index contributed by atoms with van der Waals surface area (Å²) in [5.41, 5.74) is 2.17. The standard InChI is InChI=1S/C23H32N4O2/c1-25-6-8-26(9-7-25)21-10-17-14-27(15-18(17)11-22(21)28)23(29)12-16-13-24-20-5-3-2-4-19(16)20/h2-5,13,17-18,21-22,24,28H,6-12,14-15H2,1H3/t17-,18+,21-,22-/m1/s1. The highest BCUT2D eigenvalue weighted by molar-refractivity contribution is 5.89. The van der Waals surface area contributed by atoms with E-state index in [1.807, 2.05) is 24.4 Å². The van der Waals surface area contributed by atoms with Gasteiger partial charge in [-0.3, -0.25) is 9.69 Å². The van der Waals surface area contributed by atoms with Gasteiger partial charge in [0.2, 0.25) is 5.91 Å². The van der Waals surface area contributed by atoms with Crippen molar-refractivity contribution in [3.8, 4) is 0 Å². The molecule has 0 unspecified atom stereocenters. The van der Waals surface area contributed by atoms with Crippen LogP contribution in [-0.4, -0.2) is 89.2 Å². The first-order valence-corrected chi connectivity index (χ1v) is 11.0. The number of H-pyrrole nitrogens is 1. The lowest BCUT2D eigenvalue weighted by molar-refractivity contribution is -0.129. The molecule has 2 saturated heterocycles. The smallest absolute Gasteiger partial charge is 0.227 e. The second kappa shape index (κ2) is 7.74. The zero-order valence-corrected chi connectivity index (χ0v) is 17.3. The topological polar surface area (TPSA) is 62.8 Å². The number of para-hydroxylation sites is 1. The number of benzene rings is 1. The van der Waals surface area contributed by atoms with Crippen LogP contribution in [0.3, 0.4) is 0 Å². The third kappa shape index (κ3) is 3.69. The van der Waals surface area contributed by atoms with Gasteiger partial charge in [0.15, 0.2) is 0 Å². The molecule has 1 aliphatic carbocycles. The molecule has 3 aliphatic rings. The summed E-state index contributed by atoms with van der Waals surface area (Å²) in [6, 6.07) is 8.42. The number of fused-ring (bicyclic) bond motifs is 2.